The monoisotopic (exact) mass is 330 g/mol. The third kappa shape index (κ3) is 4.06. The number of likely N-dealkylation sites (tertiary alicyclic amines) is 1. The standard InChI is InChI=1S/C18H26N4O2/c1-13-6-4-5-9-22(13)12-15-8-3-2-7-14(15)10-19-17(23)16-11-20-18(24)21-16/h2-3,7-8,13,16H,4-6,9-12H2,1H3,(H,19,23)(H2,20,21,24)/t13-,16-/m0/s1. The number of rotatable bonds is 5. The van der Waals surface area contributed by atoms with E-state index in [1.807, 2.05) is 6.07 Å². The molecule has 3 rings (SSSR count). The average molecular weight is 330 g/mol. The summed E-state index contributed by atoms with van der Waals surface area (Å²) in [7, 11) is 0. The van der Waals surface area contributed by atoms with Crippen LogP contribution in [0.5, 0.6) is 0 Å². The molecule has 0 aliphatic carbocycles. The first-order chi connectivity index (χ1) is 11.6. The average Bonchev–Trinajstić information content (AvgIpc) is 3.02. The fourth-order valence-corrected chi connectivity index (χ4v) is 3.41. The lowest BCUT2D eigenvalue weighted by Gasteiger charge is -2.33. The zero-order valence-electron chi connectivity index (χ0n) is 14.2. The summed E-state index contributed by atoms with van der Waals surface area (Å²) in [6.07, 6.45) is 3.83. The molecule has 0 saturated carbocycles. The van der Waals surface area contributed by atoms with Crippen molar-refractivity contribution in [2.24, 2.45) is 0 Å². The van der Waals surface area contributed by atoms with E-state index in [-0.39, 0.29) is 11.9 Å². The summed E-state index contributed by atoms with van der Waals surface area (Å²) in [5.41, 5.74) is 2.40. The minimum absolute atomic E-state index is 0.144. The number of benzene rings is 1. The molecule has 0 unspecified atom stereocenters. The third-order valence-electron chi connectivity index (χ3n) is 4.97. The Morgan fingerprint density at radius 1 is 1.29 bits per heavy atom. The lowest BCUT2D eigenvalue weighted by molar-refractivity contribution is -0.122. The van der Waals surface area contributed by atoms with E-state index in [0.29, 0.717) is 19.1 Å². The zero-order chi connectivity index (χ0) is 16.9. The van der Waals surface area contributed by atoms with Crippen LogP contribution in [0.1, 0.15) is 37.3 Å². The van der Waals surface area contributed by atoms with Gasteiger partial charge in [0.1, 0.15) is 6.04 Å². The van der Waals surface area contributed by atoms with Gasteiger partial charge in [-0.2, -0.15) is 0 Å². The number of amides is 3. The van der Waals surface area contributed by atoms with E-state index >= 15 is 0 Å². The van der Waals surface area contributed by atoms with Crippen molar-refractivity contribution in [1.29, 1.82) is 0 Å². The van der Waals surface area contributed by atoms with Crippen molar-refractivity contribution >= 4 is 11.9 Å². The van der Waals surface area contributed by atoms with Crippen LogP contribution in [0.2, 0.25) is 0 Å². The molecule has 130 valence electrons. The Morgan fingerprint density at radius 2 is 2.08 bits per heavy atom. The Hall–Kier alpha value is -2.08. The van der Waals surface area contributed by atoms with Crippen LogP contribution in [0.3, 0.4) is 0 Å². The van der Waals surface area contributed by atoms with Gasteiger partial charge in [0.25, 0.3) is 0 Å². The number of urea groups is 1. The Morgan fingerprint density at radius 3 is 2.79 bits per heavy atom. The highest BCUT2D eigenvalue weighted by Crippen LogP contribution is 2.20. The van der Waals surface area contributed by atoms with Gasteiger partial charge in [0.15, 0.2) is 0 Å². The number of piperidine rings is 1. The van der Waals surface area contributed by atoms with Gasteiger partial charge in [-0.05, 0) is 37.4 Å². The number of nitrogens with zero attached hydrogens (tertiary/aromatic N) is 1. The molecule has 0 radical (unpaired) electrons. The SMILES string of the molecule is C[C@H]1CCCCN1Cc1ccccc1CNC(=O)[C@@H]1CNC(=O)N1. The second kappa shape index (κ2) is 7.66. The molecule has 2 fully saturated rings. The Balaban J connectivity index is 1.59. The second-order valence-electron chi connectivity index (χ2n) is 6.71. The predicted octanol–water partition coefficient (Wildman–Crippen LogP) is 1.36. The first kappa shape index (κ1) is 16.8. The fourth-order valence-electron chi connectivity index (χ4n) is 3.41. The van der Waals surface area contributed by atoms with Crippen molar-refractivity contribution in [3.63, 3.8) is 0 Å². The molecule has 3 amide bonds. The van der Waals surface area contributed by atoms with Crippen molar-refractivity contribution in [1.82, 2.24) is 20.9 Å². The molecule has 6 heteroatoms. The highest BCUT2D eigenvalue weighted by molar-refractivity contribution is 5.90. The van der Waals surface area contributed by atoms with Gasteiger partial charge >= 0.3 is 6.03 Å². The van der Waals surface area contributed by atoms with Crippen LogP contribution < -0.4 is 16.0 Å². The molecule has 0 spiro atoms. The predicted molar refractivity (Wildman–Crippen MR) is 92.3 cm³/mol. The molecule has 2 saturated heterocycles. The summed E-state index contributed by atoms with van der Waals surface area (Å²) in [6, 6.07) is 8.11. The minimum Gasteiger partial charge on any atom is -0.350 e. The van der Waals surface area contributed by atoms with Crippen molar-refractivity contribution in [2.75, 3.05) is 13.1 Å². The molecule has 6 nitrogen and oxygen atoms in total. The highest BCUT2D eigenvalue weighted by atomic mass is 16.2. The van der Waals surface area contributed by atoms with Crippen LogP contribution >= 0.6 is 0 Å². The highest BCUT2D eigenvalue weighted by Gasteiger charge is 2.26. The molecule has 2 aliphatic heterocycles. The summed E-state index contributed by atoms with van der Waals surface area (Å²) in [5, 5.41) is 8.15. The van der Waals surface area contributed by atoms with Gasteiger partial charge in [-0.25, -0.2) is 4.79 Å². The first-order valence-electron chi connectivity index (χ1n) is 8.76. The normalized spacial score (nSPS) is 24.3. The minimum atomic E-state index is -0.480. The molecular formula is C18H26N4O2. The van der Waals surface area contributed by atoms with Crippen LogP contribution in [0, 0.1) is 0 Å². The number of carbonyl (C=O) groups excluding carboxylic acids is 2. The van der Waals surface area contributed by atoms with E-state index in [2.05, 4.69) is 46.0 Å². The van der Waals surface area contributed by atoms with E-state index in [1.165, 1.54) is 24.8 Å². The number of hydrogen-bond donors (Lipinski definition) is 3. The summed E-state index contributed by atoms with van der Waals surface area (Å²) < 4.78 is 0. The lowest BCUT2D eigenvalue weighted by atomic mass is 10.0. The van der Waals surface area contributed by atoms with E-state index in [9.17, 15) is 9.59 Å². The fraction of sp³-hybridized carbons (Fsp3) is 0.556. The van der Waals surface area contributed by atoms with Crippen LogP contribution in [0.25, 0.3) is 0 Å². The van der Waals surface area contributed by atoms with Gasteiger partial charge in [0.2, 0.25) is 5.91 Å². The molecule has 2 heterocycles. The Kier molecular flexibility index (Phi) is 5.35. The van der Waals surface area contributed by atoms with Crippen LogP contribution in [0.15, 0.2) is 24.3 Å². The van der Waals surface area contributed by atoms with E-state index in [1.54, 1.807) is 0 Å². The van der Waals surface area contributed by atoms with Crippen LogP contribution in [0.4, 0.5) is 4.79 Å². The largest absolute Gasteiger partial charge is 0.350 e. The molecular weight excluding hydrogens is 304 g/mol. The summed E-state index contributed by atoms with van der Waals surface area (Å²) in [5.74, 6) is -0.144. The van der Waals surface area contributed by atoms with Gasteiger partial charge in [-0.1, -0.05) is 30.7 Å². The van der Waals surface area contributed by atoms with Crippen LogP contribution in [-0.2, 0) is 17.9 Å². The first-order valence-corrected chi connectivity index (χ1v) is 8.76. The molecule has 0 bridgehead atoms. The molecule has 1 aromatic rings. The van der Waals surface area contributed by atoms with Crippen molar-refractivity contribution in [2.45, 2.75) is 51.4 Å². The van der Waals surface area contributed by atoms with E-state index in [4.69, 9.17) is 0 Å². The zero-order valence-corrected chi connectivity index (χ0v) is 14.2. The van der Waals surface area contributed by atoms with Gasteiger partial charge in [-0.3, -0.25) is 9.69 Å². The van der Waals surface area contributed by atoms with Gasteiger partial charge in [-0.15, -0.1) is 0 Å². The van der Waals surface area contributed by atoms with Gasteiger partial charge in [0, 0.05) is 25.7 Å². The topological polar surface area (TPSA) is 73.5 Å². The van der Waals surface area contributed by atoms with Gasteiger partial charge < -0.3 is 16.0 Å². The molecule has 2 atom stereocenters. The smallest absolute Gasteiger partial charge is 0.315 e. The number of hydrogen-bond acceptors (Lipinski definition) is 3. The molecule has 2 aliphatic rings. The quantitative estimate of drug-likeness (QED) is 0.763. The number of nitrogens with one attached hydrogen (secondary N) is 3. The summed E-state index contributed by atoms with van der Waals surface area (Å²) in [6.45, 7) is 5.19. The maximum absolute atomic E-state index is 12.1. The van der Waals surface area contributed by atoms with Gasteiger partial charge in [0.05, 0.1) is 0 Å². The van der Waals surface area contributed by atoms with E-state index < -0.39 is 6.04 Å². The molecule has 3 N–H and O–H groups in total. The second-order valence-corrected chi connectivity index (χ2v) is 6.71. The summed E-state index contributed by atoms with van der Waals surface area (Å²) >= 11 is 0. The Labute approximate surface area is 143 Å². The molecule has 1 aromatic carbocycles. The van der Waals surface area contributed by atoms with Crippen molar-refractivity contribution in [3.05, 3.63) is 35.4 Å². The Bertz CT molecular complexity index is 604. The van der Waals surface area contributed by atoms with Crippen molar-refractivity contribution in [3.8, 4) is 0 Å². The maximum atomic E-state index is 12.1. The maximum Gasteiger partial charge on any atom is 0.315 e. The molecule has 0 aromatic heterocycles. The number of carbonyl (C=O) groups is 2. The third-order valence-corrected chi connectivity index (χ3v) is 4.97. The summed E-state index contributed by atoms with van der Waals surface area (Å²) in [4.78, 5) is 25.8. The lowest BCUT2D eigenvalue weighted by Crippen LogP contribution is -2.42. The van der Waals surface area contributed by atoms with Crippen LogP contribution in [-0.4, -0.2) is 42.0 Å². The molecule has 24 heavy (non-hydrogen) atoms. The van der Waals surface area contributed by atoms with E-state index in [0.717, 1.165) is 18.7 Å². The van der Waals surface area contributed by atoms with Crippen molar-refractivity contribution < 1.29 is 9.59 Å².